The molecule has 7 heteroatoms. The summed E-state index contributed by atoms with van der Waals surface area (Å²) in [5.74, 6) is -3.25. The topological polar surface area (TPSA) is 66.4 Å². The number of hydrogen-bond donors (Lipinski definition) is 2. The molecule has 98 valence electrons. The average molecular weight is 253 g/mol. The monoisotopic (exact) mass is 253 g/mol. The number of carboxylic acid groups (broad SMARTS) is 1. The molecule has 1 aliphatic carbocycles. The fourth-order valence-corrected chi connectivity index (χ4v) is 1.95. The van der Waals surface area contributed by atoms with Gasteiger partial charge in [0.2, 0.25) is 0 Å². The van der Waals surface area contributed by atoms with Crippen LogP contribution in [0.1, 0.15) is 25.7 Å². The number of halogens is 3. The summed E-state index contributed by atoms with van der Waals surface area (Å²) < 4.78 is 35.6. The second kappa shape index (κ2) is 5.37. The van der Waals surface area contributed by atoms with E-state index in [4.69, 9.17) is 5.11 Å². The maximum Gasteiger partial charge on any atom is 0.471 e. The largest absolute Gasteiger partial charge is 0.481 e. The molecule has 0 heterocycles. The zero-order valence-corrected chi connectivity index (χ0v) is 9.09. The average Bonchev–Trinajstić information content (AvgIpc) is 2.25. The second-order valence-corrected chi connectivity index (χ2v) is 4.26. The van der Waals surface area contributed by atoms with E-state index in [1.54, 1.807) is 0 Å². The number of rotatable bonds is 3. The molecule has 4 nitrogen and oxygen atoms in total. The number of carboxylic acids is 1. The Bertz CT molecular complexity index is 296. The molecule has 1 fully saturated rings. The molecule has 0 aromatic rings. The van der Waals surface area contributed by atoms with Gasteiger partial charge in [0.05, 0.1) is 5.92 Å². The summed E-state index contributed by atoms with van der Waals surface area (Å²) in [5.41, 5.74) is 0. The molecule has 1 rings (SSSR count). The van der Waals surface area contributed by atoms with Crippen molar-refractivity contribution in [2.24, 2.45) is 11.8 Å². The third kappa shape index (κ3) is 4.24. The molecule has 1 aliphatic rings. The van der Waals surface area contributed by atoms with Gasteiger partial charge in [-0.2, -0.15) is 13.2 Å². The van der Waals surface area contributed by atoms with E-state index in [0.29, 0.717) is 25.7 Å². The molecule has 17 heavy (non-hydrogen) atoms. The first-order chi connectivity index (χ1) is 7.80. The maximum atomic E-state index is 11.9. The van der Waals surface area contributed by atoms with Gasteiger partial charge in [0.25, 0.3) is 0 Å². The molecule has 0 aliphatic heterocycles. The molecule has 0 radical (unpaired) electrons. The van der Waals surface area contributed by atoms with Crippen molar-refractivity contribution in [3.05, 3.63) is 0 Å². The first-order valence-electron chi connectivity index (χ1n) is 5.38. The smallest absolute Gasteiger partial charge is 0.471 e. The van der Waals surface area contributed by atoms with Crippen LogP contribution in [0.2, 0.25) is 0 Å². The Morgan fingerprint density at radius 3 is 2.12 bits per heavy atom. The van der Waals surface area contributed by atoms with Crippen LogP contribution in [-0.4, -0.2) is 29.7 Å². The lowest BCUT2D eigenvalue weighted by molar-refractivity contribution is -0.173. The number of hydrogen-bond acceptors (Lipinski definition) is 2. The van der Waals surface area contributed by atoms with Gasteiger partial charge in [-0.25, -0.2) is 0 Å². The van der Waals surface area contributed by atoms with Crippen molar-refractivity contribution in [2.75, 3.05) is 6.54 Å². The van der Waals surface area contributed by atoms with Gasteiger partial charge in [0.15, 0.2) is 0 Å². The van der Waals surface area contributed by atoms with Gasteiger partial charge in [-0.1, -0.05) is 0 Å². The Kier molecular flexibility index (Phi) is 4.36. The highest BCUT2D eigenvalue weighted by molar-refractivity contribution is 5.81. The van der Waals surface area contributed by atoms with Crippen LogP contribution in [0.4, 0.5) is 13.2 Å². The fraction of sp³-hybridized carbons (Fsp3) is 0.800. The van der Waals surface area contributed by atoms with Crippen LogP contribution < -0.4 is 5.32 Å². The Balaban J connectivity index is 2.28. The van der Waals surface area contributed by atoms with E-state index in [1.807, 2.05) is 5.32 Å². The number of alkyl halides is 3. The minimum atomic E-state index is -4.85. The molecule has 1 amide bonds. The maximum absolute atomic E-state index is 11.9. The minimum absolute atomic E-state index is 0.0370. The summed E-state index contributed by atoms with van der Waals surface area (Å²) in [7, 11) is 0. The molecule has 0 aromatic carbocycles. The van der Waals surface area contributed by atoms with Crippen molar-refractivity contribution >= 4 is 11.9 Å². The number of amides is 1. The van der Waals surface area contributed by atoms with Gasteiger partial charge in [-0.15, -0.1) is 0 Å². The molecule has 0 atom stereocenters. The van der Waals surface area contributed by atoms with E-state index >= 15 is 0 Å². The second-order valence-electron chi connectivity index (χ2n) is 4.26. The third-order valence-corrected chi connectivity index (χ3v) is 3.00. The molecule has 2 N–H and O–H groups in total. The van der Waals surface area contributed by atoms with Crippen molar-refractivity contribution in [2.45, 2.75) is 31.9 Å². The number of carbonyl (C=O) groups is 2. The lowest BCUT2D eigenvalue weighted by Crippen LogP contribution is -2.40. The van der Waals surface area contributed by atoms with E-state index in [9.17, 15) is 22.8 Å². The molecule has 0 unspecified atom stereocenters. The molecule has 0 bridgehead atoms. The van der Waals surface area contributed by atoms with Gasteiger partial charge >= 0.3 is 18.1 Å². The predicted molar refractivity (Wildman–Crippen MR) is 52.1 cm³/mol. The SMILES string of the molecule is O=C(NC[C@H]1CC[C@H](C(=O)O)CC1)C(F)(F)F. The quantitative estimate of drug-likeness (QED) is 0.802. The van der Waals surface area contributed by atoms with Crippen molar-refractivity contribution < 1.29 is 27.9 Å². The van der Waals surface area contributed by atoms with Crippen LogP contribution >= 0.6 is 0 Å². The third-order valence-electron chi connectivity index (χ3n) is 3.00. The lowest BCUT2D eigenvalue weighted by Gasteiger charge is -2.26. The van der Waals surface area contributed by atoms with Crippen LogP contribution in [0.15, 0.2) is 0 Å². The fourth-order valence-electron chi connectivity index (χ4n) is 1.95. The standard InChI is InChI=1S/C10H14F3NO3/c11-10(12,13)9(17)14-5-6-1-3-7(4-2-6)8(15)16/h6-7H,1-5H2,(H,14,17)(H,15,16)/t6-,7-. The normalized spacial score (nSPS) is 25.4. The molecule has 0 aromatic heterocycles. The van der Waals surface area contributed by atoms with Crippen LogP contribution in [0, 0.1) is 11.8 Å². The van der Waals surface area contributed by atoms with Crippen molar-refractivity contribution in [1.29, 1.82) is 0 Å². The van der Waals surface area contributed by atoms with E-state index < -0.39 is 24.0 Å². The highest BCUT2D eigenvalue weighted by Gasteiger charge is 2.38. The molecule has 0 spiro atoms. The van der Waals surface area contributed by atoms with Crippen molar-refractivity contribution in [3.63, 3.8) is 0 Å². The summed E-state index contributed by atoms with van der Waals surface area (Å²) in [6.45, 7) is -0.0370. The molecular weight excluding hydrogens is 239 g/mol. The van der Waals surface area contributed by atoms with Crippen LogP contribution in [0.3, 0.4) is 0 Å². The van der Waals surface area contributed by atoms with Gasteiger partial charge in [-0.3, -0.25) is 9.59 Å². The molecule has 0 saturated heterocycles. The Labute approximate surface area is 96.2 Å². The Hall–Kier alpha value is -1.27. The summed E-state index contributed by atoms with van der Waals surface area (Å²) in [6.07, 6.45) is -2.85. The van der Waals surface area contributed by atoms with Crippen LogP contribution in [-0.2, 0) is 9.59 Å². The Morgan fingerprint density at radius 1 is 1.18 bits per heavy atom. The first-order valence-corrected chi connectivity index (χ1v) is 5.38. The molecular formula is C10H14F3NO3. The van der Waals surface area contributed by atoms with Gasteiger partial charge in [0.1, 0.15) is 0 Å². The number of aliphatic carboxylic acids is 1. The molecule has 1 saturated carbocycles. The first kappa shape index (κ1) is 13.8. The van der Waals surface area contributed by atoms with Crippen molar-refractivity contribution in [1.82, 2.24) is 5.32 Å². The summed E-state index contributed by atoms with van der Waals surface area (Å²) in [5, 5.41) is 10.6. The van der Waals surface area contributed by atoms with Gasteiger partial charge in [0, 0.05) is 6.54 Å². The van der Waals surface area contributed by atoms with Crippen LogP contribution in [0.25, 0.3) is 0 Å². The number of carbonyl (C=O) groups excluding carboxylic acids is 1. The van der Waals surface area contributed by atoms with E-state index in [0.717, 1.165) is 0 Å². The summed E-state index contributed by atoms with van der Waals surface area (Å²) in [4.78, 5) is 21.2. The van der Waals surface area contributed by atoms with E-state index in [-0.39, 0.29) is 12.5 Å². The van der Waals surface area contributed by atoms with Gasteiger partial charge in [-0.05, 0) is 31.6 Å². The van der Waals surface area contributed by atoms with Gasteiger partial charge < -0.3 is 10.4 Å². The van der Waals surface area contributed by atoms with Crippen LogP contribution in [0.5, 0.6) is 0 Å². The predicted octanol–water partition coefficient (Wildman–Crippen LogP) is 1.56. The zero-order valence-electron chi connectivity index (χ0n) is 9.09. The van der Waals surface area contributed by atoms with Crippen molar-refractivity contribution in [3.8, 4) is 0 Å². The Morgan fingerprint density at radius 2 is 1.71 bits per heavy atom. The highest BCUT2D eigenvalue weighted by atomic mass is 19.4. The zero-order chi connectivity index (χ0) is 13.1. The highest BCUT2D eigenvalue weighted by Crippen LogP contribution is 2.28. The van der Waals surface area contributed by atoms with E-state index in [2.05, 4.69) is 0 Å². The summed E-state index contributed by atoms with van der Waals surface area (Å²) in [6, 6.07) is 0. The lowest BCUT2D eigenvalue weighted by atomic mass is 9.82. The van der Waals surface area contributed by atoms with E-state index in [1.165, 1.54) is 0 Å². The summed E-state index contributed by atoms with van der Waals surface area (Å²) >= 11 is 0. The number of nitrogens with one attached hydrogen (secondary N) is 1. The minimum Gasteiger partial charge on any atom is -0.481 e.